The third kappa shape index (κ3) is 14.2. The Morgan fingerprint density at radius 3 is 1.03 bits per heavy atom. The summed E-state index contributed by atoms with van der Waals surface area (Å²) in [5.74, 6) is 2.90. The number of phenolic OH excluding ortho intramolecular Hbond substituents is 3. The molecule has 6 bridgehead atoms. The molecule has 0 spiro atoms. The second kappa shape index (κ2) is 27.7. The zero-order valence-electron chi connectivity index (χ0n) is 46.9. The van der Waals surface area contributed by atoms with Crippen molar-refractivity contribution in [3.63, 3.8) is 0 Å². The fourth-order valence-electron chi connectivity index (χ4n) is 15.6. The van der Waals surface area contributed by atoms with Gasteiger partial charge in [0, 0.05) is 59.9 Å². The molecule has 0 aliphatic heterocycles. The minimum atomic E-state index is -0.00863. The van der Waals surface area contributed by atoms with Crippen LogP contribution in [-0.4, -0.2) is 132 Å². The average Bonchev–Trinajstić information content (AvgIpc) is 3.49. The molecule has 6 N–H and O–H groups in total. The smallest absolute Gasteiger partial charge is 0.115 e. The Bertz CT molecular complexity index is 2020. The molecule has 0 heterocycles. The molecule has 422 valence electrons. The maximum atomic E-state index is 10.5. The quantitative estimate of drug-likeness (QED) is 0.0403. The lowest BCUT2D eigenvalue weighted by molar-refractivity contribution is -0.0369. The Balaban J connectivity index is 0.696. The van der Waals surface area contributed by atoms with E-state index in [1.165, 1.54) is 110 Å². The van der Waals surface area contributed by atoms with E-state index in [1.54, 1.807) is 0 Å². The van der Waals surface area contributed by atoms with Gasteiger partial charge in [0.15, 0.2) is 0 Å². The maximum Gasteiger partial charge on any atom is 0.115 e. The summed E-state index contributed by atoms with van der Waals surface area (Å²) in [5.41, 5.74) is 8.14. The Kier molecular flexibility index (Phi) is 20.9. The topological polar surface area (TPSA) is 152 Å². The molecule has 0 radical (unpaired) electrons. The van der Waals surface area contributed by atoms with E-state index in [9.17, 15) is 15.3 Å². The largest absolute Gasteiger partial charge is 0.508 e. The predicted molar refractivity (Wildman–Crippen MR) is 301 cm³/mol. The number of rotatable bonds is 27. The van der Waals surface area contributed by atoms with E-state index >= 15 is 0 Å². The highest BCUT2D eigenvalue weighted by Crippen LogP contribution is 2.50. The van der Waals surface area contributed by atoms with Crippen LogP contribution in [0.15, 0.2) is 54.6 Å². The summed E-state index contributed by atoms with van der Waals surface area (Å²) in [7, 11) is 0. The third-order valence-electron chi connectivity index (χ3n) is 19.4. The molecule has 0 unspecified atom stereocenters. The first kappa shape index (κ1) is 57.4. The van der Waals surface area contributed by atoms with Crippen molar-refractivity contribution in [2.45, 2.75) is 171 Å². The van der Waals surface area contributed by atoms with Crippen molar-refractivity contribution in [2.24, 2.45) is 23.7 Å². The van der Waals surface area contributed by atoms with Crippen LogP contribution >= 0.6 is 0 Å². The first-order valence-electron chi connectivity index (χ1n) is 30.2. The predicted octanol–water partition coefficient (Wildman–Crippen LogP) is 9.98. The van der Waals surface area contributed by atoms with Gasteiger partial charge in [0.25, 0.3) is 0 Å². The lowest BCUT2D eigenvalue weighted by Gasteiger charge is -2.49. The molecular formula is C64H97N3O9. The van der Waals surface area contributed by atoms with Crippen molar-refractivity contribution < 1.29 is 43.7 Å². The number of nitrogens with one attached hydrogen (secondary N) is 3. The van der Waals surface area contributed by atoms with Crippen LogP contribution in [0.5, 0.6) is 17.2 Å². The van der Waals surface area contributed by atoms with Crippen LogP contribution < -0.4 is 16.0 Å². The molecule has 0 saturated heterocycles. The standard InChI is InChI=1S/C64H97N3O9/c1-62-22-10-4-7-13-50(37-47-16-19-53(68)40-56(47)62)59(62)65-25-28-71-31-34-74-43-46(44-75-35-32-72-29-26-66-60-51-14-8-5-11-23-63(60,2)57-41-54(69)20-17-48(57)38-51)45-76-36-33-73-30-27-67-61-52-15-9-6-12-24-64(61,3)58-42-55(70)21-18-49(58)39-52/h16-21,40-42,46,50-52,59-61,65-70H,4-15,22-39,43-45H2,1-3H3/t50-,51-,52-,59-,60-,61-,62+,63+,64+/m0/s1. The molecule has 3 aromatic carbocycles. The van der Waals surface area contributed by atoms with Gasteiger partial charge >= 0.3 is 0 Å². The maximum absolute atomic E-state index is 10.5. The Labute approximate surface area is 456 Å². The highest BCUT2D eigenvalue weighted by molar-refractivity contribution is 5.46. The minimum absolute atomic E-state index is 0.00863. The summed E-state index contributed by atoms with van der Waals surface area (Å²) in [6, 6.07) is 19.2. The number of phenols is 3. The number of hydrogen-bond acceptors (Lipinski definition) is 12. The number of benzene rings is 3. The van der Waals surface area contributed by atoms with Crippen LogP contribution in [0.1, 0.15) is 150 Å². The fourth-order valence-corrected chi connectivity index (χ4v) is 15.6. The minimum Gasteiger partial charge on any atom is -0.508 e. The van der Waals surface area contributed by atoms with Gasteiger partial charge in [-0.1, -0.05) is 96.8 Å². The van der Waals surface area contributed by atoms with Gasteiger partial charge in [0.2, 0.25) is 0 Å². The third-order valence-corrected chi connectivity index (χ3v) is 19.4. The summed E-state index contributed by atoms with van der Waals surface area (Å²) in [6.45, 7) is 16.0. The van der Waals surface area contributed by atoms with Gasteiger partial charge in [0.05, 0.1) is 79.3 Å². The van der Waals surface area contributed by atoms with Crippen LogP contribution in [0.4, 0.5) is 0 Å². The van der Waals surface area contributed by atoms with Crippen molar-refractivity contribution >= 4 is 0 Å². The highest BCUT2D eigenvalue weighted by atomic mass is 16.5. The molecule has 12 heteroatoms. The molecule has 12 nitrogen and oxygen atoms in total. The molecule has 0 amide bonds. The monoisotopic (exact) mass is 1050 g/mol. The molecule has 3 saturated carbocycles. The molecule has 6 aliphatic rings. The van der Waals surface area contributed by atoms with E-state index in [4.69, 9.17) is 28.4 Å². The number of aromatic hydroxyl groups is 3. The van der Waals surface area contributed by atoms with Crippen LogP contribution in [0.3, 0.4) is 0 Å². The van der Waals surface area contributed by atoms with Gasteiger partial charge in [-0.05, 0) is 145 Å². The Morgan fingerprint density at radius 1 is 0.408 bits per heavy atom. The first-order chi connectivity index (χ1) is 37.0. The lowest BCUT2D eigenvalue weighted by Crippen LogP contribution is -2.55. The van der Waals surface area contributed by atoms with Gasteiger partial charge in [-0.15, -0.1) is 0 Å². The van der Waals surface area contributed by atoms with Crippen molar-refractivity contribution in [1.82, 2.24) is 16.0 Å². The Hall–Kier alpha value is -3.30. The first-order valence-corrected chi connectivity index (χ1v) is 30.2. The molecule has 9 rings (SSSR count). The normalized spacial score (nSPS) is 29.2. The van der Waals surface area contributed by atoms with Gasteiger partial charge in [-0.3, -0.25) is 0 Å². The zero-order chi connectivity index (χ0) is 52.8. The van der Waals surface area contributed by atoms with E-state index in [-0.39, 0.29) is 22.2 Å². The summed E-state index contributed by atoms with van der Waals surface area (Å²) >= 11 is 0. The summed E-state index contributed by atoms with van der Waals surface area (Å²) < 4.78 is 37.1. The molecular weight excluding hydrogens is 955 g/mol. The SMILES string of the molecule is C[C@@]12CCCCC[C@@H](Cc3ccc(O)cc31)[C@@H]2NCCOCCOCC(COCCOCCN[C@H]1[C@H]2CCCCC[C@]1(C)c1cc(O)ccc1C2)COCCOCCN[C@H]1[C@H]2CCCCC[C@]1(C)c1cc(O)ccc1C2. The van der Waals surface area contributed by atoms with Crippen LogP contribution in [0, 0.1) is 23.7 Å². The molecule has 3 fully saturated rings. The van der Waals surface area contributed by atoms with Gasteiger partial charge in [-0.25, -0.2) is 0 Å². The molecule has 0 aromatic heterocycles. The summed E-state index contributed by atoms with van der Waals surface area (Å²) in [6.07, 6.45) is 21.6. The second-order valence-corrected chi connectivity index (χ2v) is 24.7. The highest BCUT2D eigenvalue weighted by Gasteiger charge is 2.48. The van der Waals surface area contributed by atoms with E-state index in [0.29, 0.717) is 132 Å². The van der Waals surface area contributed by atoms with Gasteiger partial charge in [0.1, 0.15) is 17.2 Å². The molecule has 9 atom stereocenters. The molecule has 3 aromatic rings. The number of hydrogen-bond donors (Lipinski definition) is 6. The lowest BCUT2D eigenvalue weighted by atomic mass is 9.59. The summed E-state index contributed by atoms with van der Waals surface area (Å²) in [4.78, 5) is 0. The molecule has 6 aliphatic carbocycles. The van der Waals surface area contributed by atoms with Gasteiger partial charge in [-0.2, -0.15) is 0 Å². The van der Waals surface area contributed by atoms with E-state index < -0.39 is 0 Å². The van der Waals surface area contributed by atoms with Crippen LogP contribution in [0.25, 0.3) is 0 Å². The number of fused-ring (bicyclic) bond motifs is 12. The van der Waals surface area contributed by atoms with E-state index in [1.807, 2.05) is 36.4 Å². The number of ether oxygens (including phenoxy) is 6. The van der Waals surface area contributed by atoms with Crippen molar-refractivity contribution in [1.29, 1.82) is 0 Å². The Morgan fingerprint density at radius 2 is 0.711 bits per heavy atom. The van der Waals surface area contributed by atoms with Gasteiger partial charge < -0.3 is 59.7 Å². The van der Waals surface area contributed by atoms with E-state index in [2.05, 4.69) is 54.9 Å². The average molecular weight is 1050 g/mol. The van der Waals surface area contributed by atoms with Crippen molar-refractivity contribution in [3.05, 3.63) is 88.0 Å². The van der Waals surface area contributed by atoms with Crippen molar-refractivity contribution in [2.75, 3.05) is 98.9 Å². The zero-order valence-corrected chi connectivity index (χ0v) is 46.9. The second-order valence-electron chi connectivity index (χ2n) is 24.7. The van der Waals surface area contributed by atoms with Crippen LogP contribution in [-0.2, 0) is 63.9 Å². The van der Waals surface area contributed by atoms with Crippen LogP contribution in [0.2, 0.25) is 0 Å². The van der Waals surface area contributed by atoms with E-state index in [0.717, 1.165) is 58.2 Å². The fraction of sp³-hybridized carbons (Fsp3) is 0.719. The summed E-state index contributed by atoms with van der Waals surface area (Å²) in [5, 5.41) is 43.2. The molecule has 76 heavy (non-hydrogen) atoms. The van der Waals surface area contributed by atoms with Crippen molar-refractivity contribution in [3.8, 4) is 17.2 Å².